The highest BCUT2D eigenvalue weighted by molar-refractivity contribution is 7.80. The Labute approximate surface area is 193 Å². The molecule has 0 spiro atoms. The van der Waals surface area contributed by atoms with Crippen LogP contribution in [0.3, 0.4) is 0 Å². The lowest BCUT2D eigenvalue weighted by Crippen LogP contribution is -2.46. The van der Waals surface area contributed by atoms with E-state index in [1.807, 2.05) is 32.9 Å². The molecule has 7 nitrogen and oxygen atoms in total. The van der Waals surface area contributed by atoms with Crippen LogP contribution in [-0.4, -0.2) is 42.2 Å². The Morgan fingerprint density at radius 1 is 1.16 bits per heavy atom. The fraction of sp³-hybridized carbons (Fsp3) is 0.292. The van der Waals surface area contributed by atoms with Crippen LogP contribution in [0.2, 0.25) is 0 Å². The standard InChI is InChI=1S/C24H27N3O4S/c1-14(2)31-23(29)20-15(3)27(4)24(32)26-21(20)16-9-11-18(12-10-16)25-22(28)17-7-6-8-19(13-17)30-5/h6-14,21H,1-5H3,(H,25,28)(H,26,32). The van der Waals surface area contributed by atoms with Crippen LogP contribution in [0.1, 0.15) is 42.7 Å². The molecule has 32 heavy (non-hydrogen) atoms. The van der Waals surface area contributed by atoms with Gasteiger partial charge in [-0.1, -0.05) is 18.2 Å². The lowest BCUT2D eigenvalue weighted by Gasteiger charge is -2.35. The molecule has 2 aromatic carbocycles. The lowest BCUT2D eigenvalue weighted by molar-refractivity contribution is -0.143. The van der Waals surface area contributed by atoms with Crippen molar-refractivity contribution in [3.05, 3.63) is 70.9 Å². The number of amides is 1. The molecular formula is C24H27N3O4S. The number of nitrogens with zero attached hydrogens (tertiary/aromatic N) is 1. The highest BCUT2D eigenvalue weighted by Gasteiger charge is 2.33. The third-order valence-corrected chi connectivity index (χ3v) is 5.54. The number of ether oxygens (including phenoxy) is 2. The smallest absolute Gasteiger partial charge is 0.338 e. The number of anilines is 1. The Kier molecular flexibility index (Phi) is 7.15. The minimum absolute atomic E-state index is 0.239. The van der Waals surface area contributed by atoms with Crippen molar-refractivity contribution in [3.63, 3.8) is 0 Å². The van der Waals surface area contributed by atoms with Crippen molar-refractivity contribution < 1.29 is 19.1 Å². The molecule has 0 bridgehead atoms. The predicted octanol–water partition coefficient (Wildman–Crippen LogP) is 4.03. The molecule has 3 rings (SSSR count). The first-order valence-corrected chi connectivity index (χ1v) is 10.6. The number of hydrogen-bond acceptors (Lipinski definition) is 5. The fourth-order valence-electron chi connectivity index (χ4n) is 3.35. The van der Waals surface area contributed by atoms with Gasteiger partial charge >= 0.3 is 5.97 Å². The van der Waals surface area contributed by atoms with Crippen LogP contribution in [0.5, 0.6) is 5.75 Å². The number of benzene rings is 2. The van der Waals surface area contributed by atoms with E-state index < -0.39 is 6.04 Å². The molecule has 1 atom stereocenters. The third kappa shape index (κ3) is 5.08. The van der Waals surface area contributed by atoms with Crippen LogP contribution in [0.4, 0.5) is 5.69 Å². The minimum Gasteiger partial charge on any atom is -0.497 e. The Morgan fingerprint density at radius 2 is 1.84 bits per heavy atom. The Hall–Kier alpha value is -3.39. The van der Waals surface area contributed by atoms with Gasteiger partial charge in [0.05, 0.1) is 24.8 Å². The van der Waals surface area contributed by atoms with Crippen LogP contribution in [0.15, 0.2) is 59.8 Å². The van der Waals surface area contributed by atoms with Crippen LogP contribution in [0, 0.1) is 0 Å². The van der Waals surface area contributed by atoms with Gasteiger partial charge in [-0.3, -0.25) is 4.79 Å². The highest BCUT2D eigenvalue weighted by Crippen LogP contribution is 2.31. The molecule has 2 aromatic rings. The first kappa shape index (κ1) is 23.3. The first-order valence-electron chi connectivity index (χ1n) is 10.2. The van der Waals surface area contributed by atoms with Crippen molar-refractivity contribution in [2.45, 2.75) is 32.9 Å². The number of methoxy groups -OCH3 is 1. The maximum atomic E-state index is 12.8. The monoisotopic (exact) mass is 453 g/mol. The summed E-state index contributed by atoms with van der Waals surface area (Å²) < 4.78 is 10.6. The second-order valence-corrected chi connectivity index (χ2v) is 8.09. The number of carbonyl (C=O) groups is 2. The summed E-state index contributed by atoms with van der Waals surface area (Å²) in [5, 5.41) is 6.60. The molecule has 0 saturated heterocycles. The van der Waals surface area contributed by atoms with Gasteiger partial charge in [0.2, 0.25) is 0 Å². The predicted molar refractivity (Wildman–Crippen MR) is 128 cm³/mol. The largest absolute Gasteiger partial charge is 0.497 e. The molecule has 1 aliphatic rings. The van der Waals surface area contributed by atoms with Gasteiger partial charge in [0, 0.05) is 24.0 Å². The van der Waals surface area contributed by atoms with Gasteiger partial charge in [-0.05, 0) is 68.9 Å². The zero-order valence-corrected chi connectivity index (χ0v) is 19.6. The van der Waals surface area contributed by atoms with E-state index in [9.17, 15) is 9.59 Å². The molecule has 1 aliphatic heterocycles. The summed E-state index contributed by atoms with van der Waals surface area (Å²) >= 11 is 5.43. The molecule has 1 heterocycles. The average molecular weight is 454 g/mol. The van der Waals surface area contributed by atoms with Gasteiger partial charge in [0.15, 0.2) is 5.11 Å². The van der Waals surface area contributed by atoms with Crippen molar-refractivity contribution >= 4 is 34.9 Å². The summed E-state index contributed by atoms with van der Waals surface area (Å²) in [5.41, 5.74) is 3.19. The molecule has 168 valence electrons. The molecule has 2 N–H and O–H groups in total. The SMILES string of the molecule is COc1cccc(C(=O)Nc2ccc(C3NC(=S)N(C)C(C)=C3C(=O)OC(C)C)cc2)c1. The van der Waals surface area contributed by atoms with E-state index >= 15 is 0 Å². The fourth-order valence-corrected chi connectivity index (χ4v) is 3.61. The maximum Gasteiger partial charge on any atom is 0.338 e. The minimum atomic E-state index is -0.451. The summed E-state index contributed by atoms with van der Waals surface area (Å²) in [7, 11) is 3.36. The quantitative estimate of drug-likeness (QED) is 0.505. The van der Waals surface area contributed by atoms with Crippen molar-refractivity contribution in [1.29, 1.82) is 0 Å². The lowest BCUT2D eigenvalue weighted by atomic mass is 9.95. The van der Waals surface area contributed by atoms with Gasteiger partial charge < -0.3 is 25.0 Å². The molecular weight excluding hydrogens is 426 g/mol. The second kappa shape index (κ2) is 9.82. The zero-order valence-electron chi connectivity index (χ0n) is 18.8. The molecule has 1 amide bonds. The molecule has 0 radical (unpaired) electrons. The van der Waals surface area contributed by atoms with Gasteiger partial charge in [0.25, 0.3) is 5.91 Å². The van der Waals surface area contributed by atoms with Gasteiger partial charge in [-0.25, -0.2) is 4.79 Å². The van der Waals surface area contributed by atoms with E-state index in [4.69, 9.17) is 21.7 Å². The van der Waals surface area contributed by atoms with Gasteiger partial charge in [-0.15, -0.1) is 0 Å². The number of hydrogen-bond donors (Lipinski definition) is 2. The topological polar surface area (TPSA) is 79.9 Å². The van der Waals surface area contributed by atoms with Crippen LogP contribution < -0.4 is 15.4 Å². The molecule has 0 aliphatic carbocycles. The van der Waals surface area contributed by atoms with E-state index in [1.54, 1.807) is 55.5 Å². The molecule has 0 fully saturated rings. The average Bonchev–Trinajstić information content (AvgIpc) is 2.77. The Bertz CT molecular complexity index is 1060. The highest BCUT2D eigenvalue weighted by atomic mass is 32.1. The van der Waals surface area contributed by atoms with Crippen LogP contribution in [-0.2, 0) is 9.53 Å². The number of rotatable bonds is 6. The van der Waals surface area contributed by atoms with E-state index in [2.05, 4.69) is 10.6 Å². The summed E-state index contributed by atoms with van der Waals surface area (Å²) in [5.74, 6) is -0.0211. The van der Waals surface area contributed by atoms with Crippen molar-refractivity contribution in [2.75, 3.05) is 19.5 Å². The number of esters is 1. The number of allylic oxidation sites excluding steroid dienone is 1. The van der Waals surface area contributed by atoms with E-state index in [1.165, 1.54) is 0 Å². The molecule has 1 unspecified atom stereocenters. The summed E-state index contributed by atoms with van der Waals surface area (Å²) in [4.78, 5) is 27.1. The molecule has 0 saturated carbocycles. The van der Waals surface area contributed by atoms with Gasteiger partial charge in [-0.2, -0.15) is 0 Å². The zero-order chi connectivity index (χ0) is 23.4. The Balaban J connectivity index is 1.83. The maximum absolute atomic E-state index is 12.8. The molecule has 8 heteroatoms. The molecule has 0 aromatic heterocycles. The van der Waals surface area contributed by atoms with Crippen molar-refractivity contribution in [3.8, 4) is 5.75 Å². The number of carbonyl (C=O) groups excluding carboxylic acids is 2. The normalized spacial score (nSPS) is 16.0. The van der Waals surface area contributed by atoms with E-state index in [0.717, 1.165) is 11.3 Å². The summed E-state index contributed by atoms with van der Waals surface area (Å²) in [6.45, 7) is 5.47. The van der Waals surface area contributed by atoms with Crippen molar-refractivity contribution in [1.82, 2.24) is 10.2 Å². The van der Waals surface area contributed by atoms with E-state index in [-0.39, 0.29) is 18.0 Å². The number of thiocarbonyl (C=S) groups is 1. The second-order valence-electron chi connectivity index (χ2n) is 7.70. The third-order valence-electron chi connectivity index (χ3n) is 5.15. The summed E-state index contributed by atoms with van der Waals surface area (Å²) in [6.07, 6.45) is -0.239. The van der Waals surface area contributed by atoms with Gasteiger partial charge in [0.1, 0.15) is 5.75 Å². The number of nitrogens with one attached hydrogen (secondary N) is 2. The van der Waals surface area contributed by atoms with Crippen LogP contribution >= 0.6 is 12.2 Å². The Morgan fingerprint density at radius 3 is 2.47 bits per heavy atom. The van der Waals surface area contributed by atoms with Crippen molar-refractivity contribution in [2.24, 2.45) is 0 Å². The first-order chi connectivity index (χ1) is 15.2. The van der Waals surface area contributed by atoms with E-state index in [0.29, 0.717) is 27.7 Å². The van der Waals surface area contributed by atoms with Crippen LogP contribution in [0.25, 0.3) is 0 Å². The summed E-state index contributed by atoms with van der Waals surface area (Å²) in [6, 6.07) is 13.8.